The van der Waals surface area contributed by atoms with Crippen molar-refractivity contribution in [3.63, 3.8) is 0 Å². The molecule has 1 heterocycles. The lowest BCUT2D eigenvalue weighted by atomic mass is 9.74. The average Bonchev–Trinajstić information content (AvgIpc) is 2.77. The number of carbonyl (C=O) groups is 1. The van der Waals surface area contributed by atoms with Crippen LogP contribution in [-0.2, 0) is 11.3 Å². The predicted octanol–water partition coefficient (Wildman–Crippen LogP) is 3.92. The van der Waals surface area contributed by atoms with Crippen molar-refractivity contribution in [1.29, 1.82) is 0 Å². The average molecular weight is 401 g/mol. The van der Waals surface area contributed by atoms with Crippen molar-refractivity contribution in [2.24, 2.45) is 17.6 Å². The SMILES string of the molecule is CNC(=O)[C@@](N)(CCC1CCCCC1)C[C@H]1CCC[C@H](NCc2cccnc2)C1. The van der Waals surface area contributed by atoms with Gasteiger partial charge in [0.2, 0.25) is 5.91 Å². The first kappa shape index (κ1) is 22.2. The lowest BCUT2D eigenvalue weighted by Crippen LogP contribution is -2.55. The predicted molar refractivity (Wildman–Crippen MR) is 118 cm³/mol. The molecule has 162 valence electrons. The third kappa shape index (κ3) is 6.78. The van der Waals surface area contributed by atoms with Crippen LogP contribution in [0.25, 0.3) is 0 Å². The van der Waals surface area contributed by atoms with Crippen LogP contribution in [0.1, 0.15) is 82.6 Å². The molecular formula is C24H40N4O. The third-order valence-electron chi connectivity index (χ3n) is 7.16. The van der Waals surface area contributed by atoms with Crippen LogP contribution < -0.4 is 16.4 Å². The Morgan fingerprint density at radius 2 is 1.97 bits per heavy atom. The highest BCUT2D eigenvalue weighted by atomic mass is 16.2. The molecule has 1 aromatic rings. The van der Waals surface area contributed by atoms with Gasteiger partial charge in [-0.05, 0) is 55.6 Å². The molecule has 0 spiro atoms. The lowest BCUT2D eigenvalue weighted by molar-refractivity contribution is -0.127. The molecule has 0 unspecified atom stereocenters. The Bertz CT molecular complexity index is 617. The highest BCUT2D eigenvalue weighted by Crippen LogP contribution is 2.35. The first-order valence-corrected chi connectivity index (χ1v) is 11.7. The second-order valence-corrected chi connectivity index (χ2v) is 9.45. The van der Waals surface area contributed by atoms with Crippen LogP contribution in [0.4, 0.5) is 0 Å². The van der Waals surface area contributed by atoms with E-state index < -0.39 is 5.54 Å². The summed E-state index contributed by atoms with van der Waals surface area (Å²) in [6.45, 7) is 0.857. The van der Waals surface area contributed by atoms with Crippen molar-refractivity contribution >= 4 is 5.91 Å². The number of carbonyl (C=O) groups excluding carboxylic acids is 1. The van der Waals surface area contributed by atoms with Gasteiger partial charge < -0.3 is 16.4 Å². The van der Waals surface area contributed by atoms with E-state index in [1.54, 1.807) is 7.05 Å². The molecule has 0 radical (unpaired) electrons. The minimum Gasteiger partial charge on any atom is -0.358 e. The Morgan fingerprint density at radius 3 is 2.69 bits per heavy atom. The second kappa shape index (κ2) is 11.1. The maximum atomic E-state index is 12.7. The lowest BCUT2D eigenvalue weighted by Gasteiger charge is -2.37. The van der Waals surface area contributed by atoms with Gasteiger partial charge in [-0.25, -0.2) is 0 Å². The van der Waals surface area contributed by atoms with Crippen molar-refractivity contribution < 1.29 is 4.79 Å². The highest BCUT2D eigenvalue weighted by molar-refractivity contribution is 5.85. The molecule has 2 aliphatic carbocycles. The summed E-state index contributed by atoms with van der Waals surface area (Å²) in [4.78, 5) is 16.9. The third-order valence-corrected chi connectivity index (χ3v) is 7.16. The Kier molecular flexibility index (Phi) is 8.49. The van der Waals surface area contributed by atoms with Gasteiger partial charge >= 0.3 is 0 Å². The van der Waals surface area contributed by atoms with Gasteiger partial charge in [-0.3, -0.25) is 9.78 Å². The zero-order valence-corrected chi connectivity index (χ0v) is 18.2. The van der Waals surface area contributed by atoms with Gasteiger partial charge in [0.05, 0.1) is 5.54 Å². The summed E-state index contributed by atoms with van der Waals surface area (Å²) >= 11 is 0. The van der Waals surface area contributed by atoms with Crippen molar-refractivity contribution in [2.45, 2.75) is 95.2 Å². The van der Waals surface area contributed by atoms with Gasteiger partial charge in [-0.15, -0.1) is 0 Å². The van der Waals surface area contributed by atoms with Crippen LogP contribution in [0.5, 0.6) is 0 Å². The topological polar surface area (TPSA) is 80.0 Å². The fourth-order valence-corrected chi connectivity index (χ4v) is 5.44. The summed E-state index contributed by atoms with van der Waals surface area (Å²) in [5.74, 6) is 1.30. The van der Waals surface area contributed by atoms with Crippen LogP contribution in [0.3, 0.4) is 0 Å². The molecule has 0 aliphatic heterocycles. The molecule has 2 fully saturated rings. The molecule has 5 heteroatoms. The van der Waals surface area contributed by atoms with E-state index in [9.17, 15) is 4.79 Å². The molecule has 0 saturated heterocycles. The van der Waals surface area contributed by atoms with E-state index in [2.05, 4.69) is 21.7 Å². The maximum absolute atomic E-state index is 12.7. The largest absolute Gasteiger partial charge is 0.358 e. The molecule has 1 amide bonds. The maximum Gasteiger partial charge on any atom is 0.239 e. The van der Waals surface area contributed by atoms with E-state index in [1.807, 2.05) is 18.5 Å². The molecule has 0 aromatic carbocycles. The Labute approximate surface area is 176 Å². The molecular weight excluding hydrogens is 360 g/mol. The van der Waals surface area contributed by atoms with E-state index in [1.165, 1.54) is 56.9 Å². The summed E-state index contributed by atoms with van der Waals surface area (Å²) < 4.78 is 0. The number of amides is 1. The summed E-state index contributed by atoms with van der Waals surface area (Å²) in [6, 6.07) is 4.60. The van der Waals surface area contributed by atoms with E-state index in [0.717, 1.165) is 38.1 Å². The normalized spacial score (nSPS) is 25.3. The van der Waals surface area contributed by atoms with Crippen molar-refractivity contribution in [2.75, 3.05) is 7.05 Å². The number of rotatable bonds is 9. The van der Waals surface area contributed by atoms with Crippen LogP contribution in [0.2, 0.25) is 0 Å². The van der Waals surface area contributed by atoms with Crippen LogP contribution in [0.15, 0.2) is 24.5 Å². The Balaban J connectivity index is 1.52. The quantitative estimate of drug-likeness (QED) is 0.587. The molecule has 1 aromatic heterocycles. The van der Waals surface area contributed by atoms with Crippen molar-refractivity contribution in [1.82, 2.24) is 15.6 Å². The van der Waals surface area contributed by atoms with Gasteiger partial charge in [0.15, 0.2) is 0 Å². The van der Waals surface area contributed by atoms with E-state index in [0.29, 0.717) is 12.0 Å². The van der Waals surface area contributed by atoms with Crippen molar-refractivity contribution in [3.05, 3.63) is 30.1 Å². The van der Waals surface area contributed by atoms with Gasteiger partial charge in [-0.2, -0.15) is 0 Å². The number of hydrogen-bond acceptors (Lipinski definition) is 4. The zero-order chi connectivity index (χ0) is 20.5. The standard InChI is InChI=1S/C24H40N4O/c1-26-23(29)24(25,13-12-19-7-3-2-4-8-19)16-20-9-5-11-22(15-20)28-18-21-10-6-14-27-17-21/h6,10,14,17,19-20,22,28H,2-5,7-9,11-13,15-16,18,25H2,1H3,(H,26,29)/t20-,22-,24+/m0/s1. The number of hydrogen-bond donors (Lipinski definition) is 3. The molecule has 29 heavy (non-hydrogen) atoms. The van der Waals surface area contributed by atoms with E-state index in [4.69, 9.17) is 5.73 Å². The number of likely N-dealkylation sites (N-methyl/N-ethyl adjacent to an activating group) is 1. The first-order valence-electron chi connectivity index (χ1n) is 11.7. The van der Waals surface area contributed by atoms with Crippen molar-refractivity contribution in [3.8, 4) is 0 Å². The minimum absolute atomic E-state index is 0.0266. The number of aromatic nitrogens is 1. The zero-order valence-electron chi connectivity index (χ0n) is 18.2. The van der Waals surface area contributed by atoms with E-state index in [-0.39, 0.29) is 5.91 Å². The summed E-state index contributed by atoms with van der Waals surface area (Å²) in [5.41, 5.74) is 7.27. The van der Waals surface area contributed by atoms with Gasteiger partial charge in [-0.1, -0.05) is 51.0 Å². The molecule has 3 atom stereocenters. The molecule has 3 rings (SSSR count). The van der Waals surface area contributed by atoms with Gasteiger partial charge in [0.25, 0.3) is 0 Å². The number of nitrogens with two attached hydrogens (primary N) is 1. The number of pyridine rings is 1. The molecule has 2 aliphatic rings. The smallest absolute Gasteiger partial charge is 0.239 e. The van der Waals surface area contributed by atoms with Gasteiger partial charge in [0, 0.05) is 32.0 Å². The van der Waals surface area contributed by atoms with Crippen LogP contribution >= 0.6 is 0 Å². The molecule has 0 bridgehead atoms. The Hall–Kier alpha value is -1.46. The fraction of sp³-hybridized carbons (Fsp3) is 0.750. The first-order chi connectivity index (χ1) is 14.1. The Morgan fingerprint density at radius 1 is 1.17 bits per heavy atom. The fourth-order valence-electron chi connectivity index (χ4n) is 5.44. The minimum atomic E-state index is -0.720. The van der Waals surface area contributed by atoms with E-state index >= 15 is 0 Å². The molecule has 2 saturated carbocycles. The number of nitrogens with one attached hydrogen (secondary N) is 2. The van der Waals surface area contributed by atoms with Gasteiger partial charge in [0.1, 0.15) is 0 Å². The summed E-state index contributed by atoms with van der Waals surface area (Å²) in [7, 11) is 1.73. The monoisotopic (exact) mass is 400 g/mol. The molecule has 5 nitrogen and oxygen atoms in total. The highest BCUT2D eigenvalue weighted by Gasteiger charge is 2.37. The second-order valence-electron chi connectivity index (χ2n) is 9.45. The van der Waals surface area contributed by atoms with Crippen LogP contribution in [0, 0.1) is 11.8 Å². The summed E-state index contributed by atoms with van der Waals surface area (Å²) in [6.07, 6.45) is 17.9. The molecule has 4 N–H and O–H groups in total. The number of nitrogens with zero attached hydrogens (tertiary/aromatic N) is 1. The summed E-state index contributed by atoms with van der Waals surface area (Å²) in [5, 5.41) is 6.55. The van der Waals surface area contributed by atoms with Crippen LogP contribution in [-0.4, -0.2) is 29.5 Å².